The number of benzene rings is 2. The van der Waals surface area contributed by atoms with Gasteiger partial charge < -0.3 is 10.6 Å². The molecule has 0 aliphatic heterocycles. The quantitative estimate of drug-likeness (QED) is 0.323. The number of likely N-dealkylation sites (N-methyl/N-ethyl adjacent to an activating group) is 1. The van der Waals surface area contributed by atoms with E-state index >= 15 is 0 Å². The minimum absolute atomic E-state index is 0.0971. The Labute approximate surface area is 232 Å². The van der Waals surface area contributed by atoms with E-state index in [9.17, 15) is 9.59 Å². The Kier molecular flexibility index (Phi) is 6.13. The molecule has 6 rings (SSSR count). The summed E-state index contributed by atoms with van der Waals surface area (Å²) in [5.74, 6) is 0.148. The molecule has 1 aliphatic carbocycles. The van der Waals surface area contributed by atoms with Crippen molar-refractivity contribution in [1.82, 2.24) is 30.0 Å². The van der Waals surface area contributed by atoms with Gasteiger partial charge in [0.2, 0.25) is 11.7 Å². The monoisotopic (exact) mass is 532 g/mol. The van der Waals surface area contributed by atoms with Gasteiger partial charge in [-0.1, -0.05) is 45.0 Å². The first-order valence-corrected chi connectivity index (χ1v) is 13.5. The maximum absolute atomic E-state index is 13.0. The third-order valence-electron chi connectivity index (χ3n) is 7.89. The highest BCUT2D eigenvalue weighted by atomic mass is 16.2. The number of amides is 2. The summed E-state index contributed by atoms with van der Waals surface area (Å²) in [7, 11) is 1.57. The topological polar surface area (TPSA) is 101 Å². The minimum atomic E-state index is -0.649. The molecule has 2 aromatic carbocycles. The van der Waals surface area contributed by atoms with E-state index in [0.29, 0.717) is 11.3 Å². The Morgan fingerprint density at radius 2 is 1.70 bits per heavy atom. The molecule has 3 heterocycles. The van der Waals surface area contributed by atoms with Crippen molar-refractivity contribution in [2.45, 2.75) is 45.1 Å². The normalized spacial score (nSPS) is 15.1. The number of imidazole rings is 1. The van der Waals surface area contributed by atoms with Gasteiger partial charge in [0, 0.05) is 47.6 Å². The Hall–Kier alpha value is -4.59. The SMILES string of the molecule is CNC(=O)C(NC(=O)c1ccc(-c2cnc3ncc(C4(c5ccc6ncccc6c5)CC4)n3c2)cc1)C(C)(C)C. The van der Waals surface area contributed by atoms with Crippen LogP contribution in [0.1, 0.15) is 55.2 Å². The van der Waals surface area contributed by atoms with Crippen LogP contribution in [0.15, 0.2) is 79.4 Å². The predicted molar refractivity (Wildman–Crippen MR) is 155 cm³/mol. The number of carbonyl (C=O) groups is 2. The molecular weight excluding hydrogens is 500 g/mol. The molecule has 3 aromatic heterocycles. The van der Waals surface area contributed by atoms with Crippen LogP contribution in [0, 0.1) is 5.41 Å². The summed E-state index contributed by atoms with van der Waals surface area (Å²) in [5.41, 5.74) is 5.20. The molecule has 202 valence electrons. The second kappa shape index (κ2) is 9.55. The van der Waals surface area contributed by atoms with Crippen molar-refractivity contribution in [1.29, 1.82) is 0 Å². The highest BCUT2D eigenvalue weighted by molar-refractivity contribution is 5.98. The van der Waals surface area contributed by atoms with E-state index in [0.717, 1.165) is 40.6 Å². The summed E-state index contributed by atoms with van der Waals surface area (Å²) in [4.78, 5) is 39.0. The van der Waals surface area contributed by atoms with Crippen LogP contribution < -0.4 is 10.6 Å². The first-order valence-electron chi connectivity index (χ1n) is 13.5. The van der Waals surface area contributed by atoms with E-state index in [1.165, 1.54) is 5.56 Å². The van der Waals surface area contributed by atoms with Gasteiger partial charge in [-0.15, -0.1) is 0 Å². The number of rotatable bonds is 6. The third kappa shape index (κ3) is 4.49. The van der Waals surface area contributed by atoms with Crippen LogP contribution in [-0.4, -0.2) is 44.3 Å². The number of fused-ring (bicyclic) bond motifs is 2. The lowest BCUT2D eigenvalue weighted by Crippen LogP contribution is -2.52. The average Bonchev–Trinajstić information content (AvgIpc) is 3.66. The largest absolute Gasteiger partial charge is 0.357 e. The van der Waals surface area contributed by atoms with Gasteiger partial charge in [0.1, 0.15) is 6.04 Å². The molecule has 5 aromatic rings. The Morgan fingerprint density at radius 1 is 0.950 bits per heavy atom. The maximum atomic E-state index is 13.0. The molecule has 1 fully saturated rings. The lowest BCUT2D eigenvalue weighted by atomic mass is 9.86. The van der Waals surface area contributed by atoms with E-state index in [-0.39, 0.29) is 17.2 Å². The van der Waals surface area contributed by atoms with Crippen molar-refractivity contribution in [3.8, 4) is 11.1 Å². The molecule has 0 radical (unpaired) electrons. The van der Waals surface area contributed by atoms with Gasteiger partial charge in [-0.3, -0.25) is 19.0 Å². The standard InChI is InChI=1S/C32H32N6O2/c1-31(2,3)27(29(40)33-4)37-28(39)21-9-7-20(8-10-21)23-17-35-30-36-18-26(38(30)19-23)32(13-14-32)24-11-12-25-22(16-24)6-5-15-34-25/h5-12,15-19,27H,13-14H2,1-4H3,(H,33,40)(H,37,39). The fourth-order valence-electron chi connectivity index (χ4n) is 5.42. The van der Waals surface area contributed by atoms with Crippen molar-refractivity contribution in [3.63, 3.8) is 0 Å². The van der Waals surface area contributed by atoms with Crippen LogP contribution in [0.5, 0.6) is 0 Å². The van der Waals surface area contributed by atoms with E-state index < -0.39 is 11.5 Å². The Morgan fingerprint density at radius 3 is 2.40 bits per heavy atom. The summed E-state index contributed by atoms with van der Waals surface area (Å²) in [5, 5.41) is 6.65. The second-order valence-corrected chi connectivity index (χ2v) is 11.6. The van der Waals surface area contributed by atoms with Gasteiger partial charge in [-0.25, -0.2) is 9.97 Å². The zero-order valence-corrected chi connectivity index (χ0v) is 23.1. The Balaban J connectivity index is 1.29. The lowest BCUT2D eigenvalue weighted by molar-refractivity contribution is -0.124. The number of hydrogen-bond donors (Lipinski definition) is 2. The van der Waals surface area contributed by atoms with Gasteiger partial charge in [0.25, 0.3) is 5.91 Å². The molecule has 0 spiro atoms. The zero-order valence-electron chi connectivity index (χ0n) is 23.1. The zero-order chi connectivity index (χ0) is 28.1. The molecule has 8 nitrogen and oxygen atoms in total. The molecule has 1 aliphatic rings. The summed E-state index contributed by atoms with van der Waals surface area (Å²) >= 11 is 0. The van der Waals surface area contributed by atoms with Crippen molar-refractivity contribution < 1.29 is 9.59 Å². The fraction of sp³-hybridized carbons (Fsp3) is 0.281. The van der Waals surface area contributed by atoms with Crippen molar-refractivity contribution in [3.05, 3.63) is 96.2 Å². The van der Waals surface area contributed by atoms with E-state index in [1.54, 1.807) is 19.2 Å². The molecule has 8 heteroatoms. The number of nitrogens with zero attached hydrogens (tertiary/aromatic N) is 4. The van der Waals surface area contributed by atoms with Crippen LogP contribution in [-0.2, 0) is 10.2 Å². The van der Waals surface area contributed by atoms with E-state index in [1.807, 2.05) is 57.6 Å². The highest BCUT2D eigenvalue weighted by Gasteiger charge is 2.48. The van der Waals surface area contributed by atoms with Gasteiger partial charge in [-0.2, -0.15) is 0 Å². The smallest absolute Gasteiger partial charge is 0.251 e. The van der Waals surface area contributed by atoms with Crippen LogP contribution in [0.2, 0.25) is 0 Å². The fourth-order valence-corrected chi connectivity index (χ4v) is 5.42. The molecule has 1 atom stereocenters. The maximum Gasteiger partial charge on any atom is 0.251 e. The molecule has 2 N–H and O–H groups in total. The van der Waals surface area contributed by atoms with Crippen LogP contribution >= 0.6 is 0 Å². The molecule has 0 bridgehead atoms. The number of carbonyl (C=O) groups excluding carboxylic acids is 2. The summed E-state index contributed by atoms with van der Waals surface area (Å²) in [6.45, 7) is 5.77. The number of pyridine rings is 1. The van der Waals surface area contributed by atoms with Crippen molar-refractivity contribution >= 4 is 28.5 Å². The first kappa shape index (κ1) is 25.7. The summed E-state index contributed by atoms with van der Waals surface area (Å²) < 4.78 is 2.09. The van der Waals surface area contributed by atoms with Crippen LogP contribution in [0.4, 0.5) is 0 Å². The Bertz CT molecular complexity index is 1750. The molecule has 40 heavy (non-hydrogen) atoms. The highest BCUT2D eigenvalue weighted by Crippen LogP contribution is 2.53. The minimum Gasteiger partial charge on any atom is -0.357 e. The predicted octanol–water partition coefficient (Wildman–Crippen LogP) is 4.91. The van der Waals surface area contributed by atoms with Crippen LogP contribution in [0.3, 0.4) is 0 Å². The van der Waals surface area contributed by atoms with Gasteiger partial charge in [0.15, 0.2) is 0 Å². The van der Waals surface area contributed by atoms with Crippen LogP contribution in [0.25, 0.3) is 27.8 Å². The molecule has 1 saturated carbocycles. The second-order valence-electron chi connectivity index (χ2n) is 11.6. The molecule has 0 saturated heterocycles. The van der Waals surface area contributed by atoms with Gasteiger partial charge in [0.05, 0.1) is 17.4 Å². The van der Waals surface area contributed by atoms with E-state index in [2.05, 4.69) is 60.4 Å². The number of hydrogen-bond acceptors (Lipinski definition) is 5. The van der Waals surface area contributed by atoms with Crippen molar-refractivity contribution in [2.24, 2.45) is 5.41 Å². The third-order valence-corrected chi connectivity index (χ3v) is 7.89. The van der Waals surface area contributed by atoms with Gasteiger partial charge in [-0.05, 0) is 59.7 Å². The lowest BCUT2D eigenvalue weighted by Gasteiger charge is -2.29. The van der Waals surface area contributed by atoms with E-state index in [4.69, 9.17) is 0 Å². The number of aromatic nitrogens is 4. The molecular formula is C32H32N6O2. The summed E-state index contributed by atoms with van der Waals surface area (Å²) in [6.07, 6.45) is 9.74. The molecule has 1 unspecified atom stereocenters. The van der Waals surface area contributed by atoms with Crippen molar-refractivity contribution in [2.75, 3.05) is 7.05 Å². The molecule has 2 amide bonds. The average molecular weight is 533 g/mol. The first-order chi connectivity index (χ1) is 19.2. The number of nitrogens with one attached hydrogen (secondary N) is 2. The summed E-state index contributed by atoms with van der Waals surface area (Å²) in [6, 6.07) is 17.3. The van der Waals surface area contributed by atoms with Gasteiger partial charge >= 0.3 is 0 Å².